The van der Waals surface area contributed by atoms with Crippen LogP contribution in [0.25, 0.3) is 22.4 Å². The van der Waals surface area contributed by atoms with Crippen LogP contribution < -0.4 is 11.1 Å². The van der Waals surface area contributed by atoms with Crippen molar-refractivity contribution in [2.75, 3.05) is 5.32 Å². The van der Waals surface area contributed by atoms with Gasteiger partial charge in [0, 0.05) is 23.5 Å². The average Bonchev–Trinajstić information content (AvgIpc) is 3.53. The maximum atomic E-state index is 14.0. The monoisotopic (exact) mass is 765 g/mol. The van der Waals surface area contributed by atoms with E-state index < -0.39 is 30.6 Å². The van der Waals surface area contributed by atoms with E-state index in [1.165, 1.54) is 12.1 Å². The molecule has 56 heavy (non-hydrogen) atoms. The number of carbonyl (C=O) groups excluding carboxylic acids is 2. The normalized spacial score (nSPS) is 12.7. The van der Waals surface area contributed by atoms with Crippen LogP contribution in [-0.4, -0.2) is 56.0 Å². The van der Waals surface area contributed by atoms with Crippen molar-refractivity contribution in [1.82, 2.24) is 4.57 Å². The number of nitrogens with one attached hydrogen (secondary N) is 1. The highest BCUT2D eigenvalue weighted by molar-refractivity contribution is 6.12. The Morgan fingerprint density at radius 1 is 0.786 bits per heavy atom. The van der Waals surface area contributed by atoms with Gasteiger partial charge in [-0.1, -0.05) is 107 Å². The topological polar surface area (TPSA) is 164 Å². The fraction of sp³-hybridized carbons (Fsp3) is 0.311. The Morgan fingerprint density at radius 3 is 1.91 bits per heavy atom. The second-order valence-corrected chi connectivity index (χ2v) is 14.3. The van der Waals surface area contributed by atoms with E-state index in [0.717, 1.165) is 16.8 Å². The Kier molecular flexibility index (Phi) is 16.1. The summed E-state index contributed by atoms with van der Waals surface area (Å²) in [6.45, 7) is 8.34. The summed E-state index contributed by atoms with van der Waals surface area (Å²) in [6, 6.07) is 33.8. The van der Waals surface area contributed by atoms with E-state index in [-0.39, 0.29) is 48.9 Å². The number of aromatic nitrogens is 1. The maximum Gasteiger partial charge on any atom is 0.323 e. The third kappa shape index (κ3) is 12.2. The number of ether oxygens (including phenoxy) is 1. The Bertz CT molecular complexity index is 2000. The molecule has 0 spiro atoms. The summed E-state index contributed by atoms with van der Waals surface area (Å²) in [5.41, 5.74) is 11.4. The van der Waals surface area contributed by atoms with Crippen molar-refractivity contribution in [3.63, 3.8) is 0 Å². The highest BCUT2D eigenvalue weighted by Gasteiger charge is 2.31. The smallest absolute Gasteiger partial charge is 0.323 e. The molecule has 5 aromatic rings. The molecule has 4 aromatic carbocycles. The van der Waals surface area contributed by atoms with Crippen LogP contribution in [0.4, 0.5) is 10.1 Å². The number of nitrogens with two attached hydrogens (primary N) is 1. The van der Waals surface area contributed by atoms with Crippen molar-refractivity contribution in [1.29, 1.82) is 0 Å². The second kappa shape index (κ2) is 20.9. The molecule has 0 saturated carbocycles. The van der Waals surface area contributed by atoms with Crippen LogP contribution in [0.5, 0.6) is 0 Å². The summed E-state index contributed by atoms with van der Waals surface area (Å²) < 4.78 is 21.1. The van der Waals surface area contributed by atoms with Crippen molar-refractivity contribution in [3.8, 4) is 22.4 Å². The number of aliphatic hydroxyl groups is 2. The van der Waals surface area contributed by atoms with Gasteiger partial charge in [-0.2, -0.15) is 0 Å². The summed E-state index contributed by atoms with van der Waals surface area (Å²) in [4.78, 5) is 36.4. The first-order valence-corrected chi connectivity index (χ1v) is 18.7. The van der Waals surface area contributed by atoms with Gasteiger partial charge < -0.3 is 35.7 Å². The summed E-state index contributed by atoms with van der Waals surface area (Å²) in [5.74, 6) is -2.17. The molecule has 1 heterocycles. The number of esters is 1. The van der Waals surface area contributed by atoms with E-state index in [2.05, 4.69) is 5.32 Å². The zero-order valence-electron chi connectivity index (χ0n) is 32.3. The molecule has 0 fully saturated rings. The van der Waals surface area contributed by atoms with Crippen molar-refractivity contribution < 1.29 is 38.8 Å². The minimum Gasteiger partial charge on any atom is -0.481 e. The predicted molar refractivity (Wildman–Crippen MR) is 216 cm³/mol. The zero-order chi connectivity index (χ0) is 40.8. The van der Waals surface area contributed by atoms with Gasteiger partial charge in [-0.05, 0) is 77.8 Å². The summed E-state index contributed by atoms with van der Waals surface area (Å²) >= 11 is 0. The van der Waals surface area contributed by atoms with Gasteiger partial charge >= 0.3 is 11.9 Å². The van der Waals surface area contributed by atoms with Crippen molar-refractivity contribution in [2.45, 2.75) is 84.3 Å². The largest absolute Gasteiger partial charge is 0.481 e. The molecular weight excluding hydrogens is 714 g/mol. The lowest BCUT2D eigenvalue weighted by atomic mass is 9.94. The Labute approximate surface area is 327 Å². The molecule has 0 aliphatic carbocycles. The first-order chi connectivity index (χ1) is 26.8. The molecule has 11 heteroatoms. The van der Waals surface area contributed by atoms with Crippen molar-refractivity contribution in [2.24, 2.45) is 11.7 Å². The standard InChI is InChI=1S/C33H35FN2O5.C12H17NO2/c1-21(2)31-30(33(41)35-25-11-7-4-8-12-25)29(22-9-5-3-6-10-22)32(23-13-15-24(34)16-14-23)36(31)18-17-26(37)19-27(38)20-28(39)40;1-9(2)11(13)12(14)15-8-10-6-4-3-5-7-10/h3-16,21,26-27,37-38H,17-20H2,1-2H3,(H,35,41)(H,39,40);3-7,9,11H,8,13H2,1-2H3/t26-,27-;/m1./s1. The number of carboxylic acid groups (broad SMARTS) is 1. The van der Waals surface area contributed by atoms with Crippen LogP contribution in [0.3, 0.4) is 0 Å². The molecule has 5 rings (SSSR count). The average molecular weight is 766 g/mol. The molecule has 1 amide bonds. The van der Waals surface area contributed by atoms with Gasteiger partial charge in [0.1, 0.15) is 18.5 Å². The van der Waals surface area contributed by atoms with Crippen molar-refractivity contribution >= 4 is 23.5 Å². The zero-order valence-corrected chi connectivity index (χ0v) is 32.3. The molecule has 3 atom stereocenters. The fourth-order valence-corrected chi connectivity index (χ4v) is 6.30. The maximum absolute atomic E-state index is 14.0. The molecule has 0 aliphatic rings. The fourth-order valence-electron chi connectivity index (χ4n) is 6.30. The summed E-state index contributed by atoms with van der Waals surface area (Å²) in [7, 11) is 0. The van der Waals surface area contributed by atoms with Gasteiger partial charge in [-0.3, -0.25) is 14.4 Å². The number of amides is 1. The number of hydrogen-bond acceptors (Lipinski definition) is 7. The lowest BCUT2D eigenvalue weighted by Gasteiger charge is -2.20. The van der Waals surface area contributed by atoms with Crippen LogP contribution in [0.1, 0.15) is 74.5 Å². The summed E-state index contributed by atoms with van der Waals surface area (Å²) in [5, 5.41) is 32.8. The highest BCUT2D eigenvalue weighted by Crippen LogP contribution is 2.42. The van der Waals surface area contributed by atoms with E-state index in [1.807, 2.05) is 123 Å². The number of carboxylic acids is 1. The minimum atomic E-state index is -1.18. The van der Waals surface area contributed by atoms with Gasteiger partial charge in [0.05, 0.1) is 29.9 Å². The first-order valence-electron chi connectivity index (χ1n) is 18.7. The predicted octanol–water partition coefficient (Wildman–Crippen LogP) is 8.03. The molecule has 10 nitrogen and oxygen atoms in total. The van der Waals surface area contributed by atoms with E-state index in [0.29, 0.717) is 34.7 Å². The first kappa shape index (κ1) is 43.1. The highest BCUT2D eigenvalue weighted by atomic mass is 19.1. The third-order valence-electron chi connectivity index (χ3n) is 9.14. The number of nitrogens with zero attached hydrogens (tertiary/aromatic N) is 1. The molecule has 6 N–H and O–H groups in total. The number of rotatable bonds is 16. The number of aliphatic carboxylic acids is 1. The SMILES string of the molecule is CC(C)C(N)C(=O)OCc1ccccc1.CC(C)c1c(C(=O)Nc2ccccc2)c(-c2ccccc2)c(-c2ccc(F)cc2)n1CC[C@@H](O)C[C@@H](O)CC(=O)O. The molecule has 1 aromatic heterocycles. The molecule has 1 unspecified atom stereocenters. The number of para-hydroxylation sites is 1. The minimum absolute atomic E-state index is 0.0939. The van der Waals surface area contributed by atoms with Crippen LogP contribution >= 0.6 is 0 Å². The lowest BCUT2D eigenvalue weighted by Crippen LogP contribution is -2.36. The van der Waals surface area contributed by atoms with Crippen LogP contribution in [0, 0.1) is 11.7 Å². The molecular formula is C45H52FN3O7. The Balaban J connectivity index is 0.000000389. The third-order valence-corrected chi connectivity index (χ3v) is 9.14. The molecule has 0 saturated heterocycles. The number of aliphatic hydroxyl groups excluding tert-OH is 2. The van der Waals surface area contributed by atoms with E-state index in [9.17, 15) is 29.0 Å². The van der Waals surface area contributed by atoms with Crippen molar-refractivity contribution in [3.05, 3.63) is 138 Å². The van der Waals surface area contributed by atoms with Crippen LogP contribution in [0.15, 0.2) is 115 Å². The van der Waals surface area contributed by atoms with Gasteiger partial charge in [0.25, 0.3) is 5.91 Å². The number of benzene rings is 4. The Morgan fingerprint density at radius 2 is 1.36 bits per heavy atom. The van der Waals surface area contributed by atoms with E-state index in [4.69, 9.17) is 15.6 Å². The number of halogens is 1. The lowest BCUT2D eigenvalue weighted by molar-refractivity contribution is -0.147. The number of hydrogen-bond donors (Lipinski definition) is 5. The van der Waals surface area contributed by atoms with E-state index >= 15 is 0 Å². The molecule has 0 bridgehead atoms. The van der Waals surface area contributed by atoms with Crippen LogP contribution in [0.2, 0.25) is 0 Å². The molecule has 296 valence electrons. The second-order valence-electron chi connectivity index (χ2n) is 14.3. The molecule has 0 aliphatic heterocycles. The van der Waals surface area contributed by atoms with Crippen LogP contribution in [-0.2, 0) is 27.5 Å². The number of anilines is 1. The van der Waals surface area contributed by atoms with Gasteiger partial charge in [-0.15, -0.1) is 0 Å². The van der Waals surface area contributed by atoms with Gasteiger partial charge in [0.2, 0.25) is 0 Å². The van der Waals surface area contributed by atoms with Gasteiger partial charge in [0.15, 0.2) is 0 Å². The summed E-state index contributed by atoms with van der Waals surface area (Å²) in [6.07, 6.45) is -2.51. The van der Waals surface area contributed by atoms with E-state index in [1.54, 1.807) is 12.1 Å². The molecule has 0 radical (unpaired) electrons. The number of carbonyl (C=O) groups is 3. The Hall–Kier alpha value is -5.62. The quantitative estimate of drug-likeness (QED) is 0.0631. The van der Waals surface area contributed by atoms with Gasteiger partial charge in [-0.25, -0.2) is 4.39 Å².